The van der Waals surface area contributed by atoms with E-state index in [1.165, 1.54) is 0 Å². The molecule has 0 spiro atoms. The van der Waals surface area contributed by atoms with Crippen LogP contribution in [0.5, 0.6) is 0 Å². The monoisotopic (exact) mass is 227 g/mol. The molecule has 0 aromatic rings. The summed E-state index contributed by atoms with van der Waals surface area (Å²) in [7, 11) is 0. The van der Waals surface area contributed by atoms with Crippen LogP contribution in [-0.4, -0.2) is 49.4 Å². The number of hydrogen-bond donors (Lipinski definition) is 2. The van der Waals surface area contributed by atoms with Crippen molar-refractivity contribution in [2.75, 3.05) is 32.7 Å². The number of carbonyl (C=O) groups excluding carboxylic acids is 2. The Morgan fingerprint density at radius 1 is 1.50 bits per heavy atom. The molecule has 0 saturated carbocycles. The lowest BCUT2D eigenvalue weighted by atomic mass is 10.2. The zero-order valence-corrected chi connectivity index (χ0v) is 9.92. The third-order valence-corrected chi connectivity index (χ3v) is 2.59. The minimum Gasteiger partial charge on any atom is -0.355 e. The number of unbranched alkanes of at least 4 members (excludes halogenated alkanes) is 2. The molecule has 1 heterocycles. The van der Waals surface area contributed by atoms with E-state index < -0.39 is 0 Å². The van der Waals surface area contributed by atoms with Crippen molar-refractivity contribution in [3.8, 4) is 0 Å². The molecule has 1 aliphatic heterocycles. The molecule has 0 aromatic heterocycles. The number of nitrogens with one attached hydrogen (secondary N) is 2. The Bertz CT molecular complexity index is 243. The van der Waals surface area contributed by atoms with E-state index in [1.54, 1.807) is 0 Å². The second-order valence-corrected chi connectivity index (χ2v) is 4.12. The molecule has 0 radical (unpaired) electrons. The van der Waals surface area contributed by atoms with Crippen LogP contribution in [0.25, 0.3) is 0 Å². The van der Waals surface area contributed by atoms with Gasteiger partial charge in [0.05, 0.1) is 13.1 Å². The molecule has 0 aliphatic carbocycles. The van der Waals surface area contributed by atoms with Crippen LogP contribution >= 0.6 is 0 Å². The average molecular weight is 227 g/mol. The molecule has 0 atom stereocenters. The molecule has 16 heavy (non-hydrogen) atoms. The SMILES string of the molecule is CCCCCNC(=O)CN1CCNC(=O)C1. The van der Waals surface area contributed by atoms with Gasteiger partial charge >= 0.3 is 0 Å². The second-order valence-electron chi connectivity index (χ2n) is 4.12. The van der Waals surface area contributed by atoms with Crippen molar-refractivity contribution in [2.45, 2.75) is 26.2 Å². The van der Waals surface area contributed by atoms with E-state index in [4.69, 9.17) is 0 Å². The second kappa shape index (κ2) is 7.22. The number of amides is 2. The average Bonchev–Trinajstić information content (AvgIpc) is 2.24. The van der Waals surface area contributed by atoms with Crippen molar-refractivity contribution in [1.29, 1.82) is 0 Å². The Kier molecular flexibility index (Phi) is 5.85. The number of nitrogens with zero attached hydrogens (tertiary/aromatic N) is 1. The summed E-state index contributed by atoms with van der Waals surface area (Å²) in [6.07, 6.45) is 3.33. The van der Waals surface area contributed by atoms with Crippen LogP contribution < -0.4 is 10.6 Å². The molecule has 92 valence electrons. The van der Waals surface area contributed by atoms with Crippen LogP contribution in [0.1, 0.15) is 26.2 Å². The molecular formula is C11H21N3O2. The summed E-state index contributed by atoms with van der Waals surface area (Å²) >= 11 is 0. The number of hydrogen-bond acceptors (Lipinski definition) is 3. The van der Waals surface area contributed by atoms with Crippen molar-refractivity contribution in [3.05, 3.63) is 0 Å². The molecule has 2 N–H and O–H groups in total. The molecule has 1 fully saturated rings. The maximum absolute atomic E-state index is 11.5. The normalized spacial score (nSPS) is 16.9. The van der Waals surface area contributed by atoms with E-state index in [0.717, 1.165) is 32.4 Å². The van der Waals surface area contributed by atoms with Crippen molar-refractivity contribution < 1.29 is 9.59 Å². The largest absolute Gasteiger partial charge is 0.355 e. The molecule has 1 aliphatic rings. The van der Waals surface area contributed by atoms with Crippen LogP contribution in [0.15, 0.2) is 0 Å². The lowest BCUT2D eigenvalue weighted by molar-refractivity contribution is -0.126. The molecule has 0 bridgehead atoms. The van der Waals surface area contributed by atoms with Crippen LogP contribution in [-0.2, 0) is 9.59 Å². The maximum atomic E-state index is 11.5. The molecule has 0 aromatic carbocycles. The lowest BCUT2D eigenvalue weighted by Crippen LogP contribution is -2.50. The highest BCUT2D eigenvalue weighted by Crippen LogP contribution is 1.94. The quantitative estimate of drug-likeness (QED) is 0.614. The maximum Gasteiger partial charge on any atom is 0.234 e. The first-order chi connectivity index (χ1) is 7.72. The van der Waals surface area contributed by atoms with Gasteiger partial charge in [-0.1, -0.05) is 19.8 Å². The minimum atomic E-state index is 0.00466. The van der Waals surface area contributed by atoms with E-state index in [9.17, 15) is 9.59 Å². The summed E-state index contributed by atoms with van der Waals surface area (Å²) in [6.45, 7) is 4.94. The summed E-state index contributed by atoms with van der Waals surface area (Å²) in [5, 5.41) is 5.60. The van der Waals surface area contributed by atoms with Gasteiger partial charge in [0.2, 0.25) is 11.8 Å². The summed E-state index contributed by atoms with van der Waals surface area (Å²) < 4.78 is 0. The first kappa shape index (κ1) is 13.0. The van der Waals surface area contributed by atoms with Gasteiger partial charge in [-0.3, -0.25) is 14.5 Å². The molecule has 5 nitrogen and oxygen atoms in total. The predicted octanol–water partition coefficient (Wildman–Crippen LogP) is -0.275. The third-order valence-electron chi connectivity index (χ3n) is 2.59. The fraction of sp³-hybridized carbons (Fsp3) is 0.818. The van der Waals surface area contributed by atoms with Crippen LogP contribution in [0, 0.1) is 0 Å². The Balaban J connectivity index is 2.10. The van der Waals surface area contributed by atoms with E-state index >= 15 is 0 Å². The lowest BCUT2D eigenvalue weighted by Gasteiger charge is -2.25. The van der Waals surface area contributed by atoms with Gasteiger partial charge in [-0.25, -0.2) is 0 Å². The first-order valence-electron chi connectivity index (χ1n) is 5.98. The van der Waals surface area contributed by atoms with E-state index in [0.29, 0.717) is 19.6 Å². The van der Waals surface area contributed by atoms with Gasteiger partial charge in [0, 0.05) is 19.6 Å². The molecule has 2 amide bonds. The van der Waals surface area contributed by atoms with Crippen molar-refractivity contribution in [1.82, 2.24) is 15.5 Å². The van der Waals surface area contributed by atoms with Crippen LogP contribution in [0.2, 0.25) is 0 Å². The smallest absolute Gasteiger partial charge is 0.234 e. The highest BCUT2D eigenvalue weighted by atomic mass is 16.2. The van der Waals surface area contributed by atoms with Crippen molar-refractivity contribution in [3.63, 3.8) is 0 Å². The zero-order valence-electron chi connectivity index (χ0n) is 9.92. The highest BCUT2D eigenvalue weighted by molar-refractivity contribution is 5.81. The number of carbonyl (C=O) groups is 2. The summed E-state index contributed by atoms with van der Waals surface area (Å²) in [4.78, 5) is 24.4. The van der Waals surface area contributed by atoms with Gasteiger partial charge in [-0.2, -0.15) is 0 Å². The van der Waals surface area contributed by atoms with E-state index in [1.807, 2.05) is 4.90 Å². The third kappa shape index (κ3) is 5.11. The Morgan fingerprint density at radius 2 is 2.31 bits per heavy atom. The van der Waals surface area contributed by atoms with Gasteiger partial charge in [0.25, 0.3) is 0 Å². The van der Waals surface area contributed by atoms with Gasteiger partial charge in [-0.05, 0) is 6.42 Å². The van der Waals surface area contributed by atoms with E-state index in [-0.39, 0.29) is 11.8 Å². The molecule has 1 saturated heterocycles. The standard InChI is InChI=1S/C11H21N3O2/c1-2-3-4-5-12-10(15)8-14-7-6-13-11(16)9-14/h2-9H2,1H3,(H,12,15)(H,13,16). The van der Waals surface area contributed by atoms with Crippen molar-refractivity contribution >= 4 is 11.8 Å². The topological polar surface area (TPSA) is 61.4 Å². The summed E-state index contributed by atoms with van der Waals surface area (Å²) in [5.74, 6) is 0.0239. The van der Waals surface area contributed by atoms with Gasteiger partial charge in [0.15, 0.2) is 0 Å². The predicted molar refractivity (Wildman–Crippen MR) is 62.0 cm³/mol. The van der Waals surface area contributed by atoms with Crippen LogP contribution in [0.3, 0.4) is 0 Å². The van der Waals surface area contributed by atoms with Gasteiger partial charge < -0.3 is 10.6 Å². The summed E-state index contributed by atoms with van der Waals surface area (Å²) in [6, 6.07) is 0. The highest BCUT2D eigenvalue weighted by Gasteiger charge is 2.17. The zero-order chi connectivity index (χ0) is 11.8. The van der Waals surface area contributed by atoms with Crippen molar-refractivity contribution in [2.24, 2.45) is 0 Å². The number of piperazine rings is 1. The molecule has 1 rings (SSSR count). The molecular weight excluding hydrogens is 206 g/mol. The first-order valence-corrected chi connectivity index (χ1v) is 5.98. The molecule has 0 unspecified atom stereocenters. The Labute approximate surface area is 96.6 Å². The fourth-order valence-corrected chi connectivity index (χ4v) is 1.69. The van der Waals surface area contributed by atoms with Gasteiger partial charge in [0.1, 0.15) is 0 Å². The van der Waals surface area contributed by atoms with Gasteiger partial charge in [-0.15, -0.1) is 0 Å². The fourth-order valence-electron chi connectivity index (χ4n) is 1.69. The minimum absolute atomic E-state index is 0.00466. The molecule has 5 heteroatoms. The van der Waals surface area contributed by atoms with E-state index in [2.05, 4.69) is 17.6 Å². The van der Waals surface area contributed by atoms with Crippen LogP contribution in [0.4, 0.5) is 0 Å². The number of rotatable bonds is 6. The summed E-state index contributed by atoms with van der Waals surface area (Å²) in [5.41, 5.74) is 0. The Morgan fingerprint density at radius 3 is 3.00 bits per heavy atom. The Hall–Kier alpha value is -1.10.